The van der Waals surface area contributed by atoms with Gasteiger partial charge in [0.25, 0.3) is 0 Å². The summed E-state index contributed by atoms with van der Waals surface area (Å²) in [5.74, 6) is 0.731. The molecule has 3 aromatic rings. The highest BCUT2D eigenvalue weighted by Gasteiger charge is 2.12. The molecule has 0 bridgehead atoms. The lowest BCUT2D eigenvalue weighted by molar-refractivity contribution is -0.116. The summed E-state index contributed by atoms with van der Waals surface area (Å²) in [5.41, 5.74) is 2.62. The predicted molar refractivity (Wildman–Crippen MR) is 92.9 cm³/mol. The van der Waals surface area contributed by atoms with E-state index >= 15 is 0 Å². The molecule has 0 aliphatic rings. The van der Waals surface area contributed by atoms with E-state index in [-0.39, 0.29) is 12.3 Å². The average Bonchev–Trinajstić information content (AvgIpc) is 3.04. The summed E-state index contributed by atoms with van der Waals surface area (Å²) in [6.45, 7) is 2.00. The summed E-state index contributed by atoms with van der Waals surface area (Å²) >= 11 is 6.11. The van der Waals surface area contributed by atoms with Gasteiger partial charge in [0.05, 0.1) is 5.02 Å². The number of hydrogen-bond donors (Lipinski definition) is 1. The molecule has 6 heteroatoms. The van der Waals surface area contributed by atoms with Crippen molar-refractivity contribution in [3.63, 3.8) is 0 Å². The first-order chi connectivity index (χ1) is 11.6. The third-order valence-electron chi connectivity index (χ3n) is 3.48. The van der Waals surface area contributed by atoms with Crippen molar-refractivity contribution >= 4 is 23.2 Å². The molecule has 0 unspecified atom stereocenters. The molecule has 0 radical (unpaired) electrons. The summed E-state index contributed by atoms with van der Waals surface area (Å²) in [4.78, 5) is 16.3. The highest BCUT2D eigenvalue weighted by molar-refractivity contribution is 6.33. The zero-order valence-corrected chi connectivity index (χ0v) is 13.9. The van der Waals surface area contributed by atoms with Crippen LogP contribution >= 0.6 is 11.6 Å². The Morgan fingerprint density at radius 3 is 2.67 bits per heavy atom. The number of carbonyl (C=O) groups excluding carboxylic acids is 1. The first kappa shape index (κ1) is 16.2. The highest BCUT2D eigenvalue weighted by Crippen LogP contribution is 2.25. The molecular formula is C18H16ClN3O2. The summed E-state index contributed by atoms with van der Waals surface area (Å²) in [6.07, 6.45) is 0.632. The van der Waals surface area contributed by atoms with Gasteiger partial charge in [0.15, 0.2) is 0 Å². The summed E-state index contributed by atoms with van der Waals surface area (Å²) in [6, 6.07) is 14.9. The van der Waals surface area contributed by atoms with E-state index in [0.29, 0.717) is 28.7 Å². The Kier molecular flexibility index (Phi) is 4.91. The standard InChI is InChI=1S/C18H16ClN3O2/c1-12-6-8-13(9-7-12)20-16(23)10-11-17-21-18(22-24-17)14-4-2-3-5-15(14)19/h2-9H,10-11H2,1H3,(H,20,23). The summed E-state index contributed by atoms with van der Waals surface area (Å²) < 4.78 is 5.19. The van der Waals surface area contributed by atoms with Crippen molar-refractivity contribution in [1.29, 1.82) is 0 Å². The molecule has 0 atom stereocenters. The van der Waals surface area contributed by atoms with E-state index in [1.807, 2.05) is 49.4 Å². The Balaban J connectivity index is 1.58. The molecule has 0 fully saturated rings. The fourth-order valence-electron chi connectivity index (χ4n) is 2.19. The van der Waals surface area contributed by atoms with Gasteiger partial charge in [0.2, 0.25) is 17.6 Å². The molecule has 2 aromatic carbocycles. The maximum atomic E-state index is 12.0. The number of halogens is 1. The van der Waals surface area contributed by atoms with Crippen molar-refractivity contribution in [2.75, 3.05) is 5.32 Å². The van der Waals surface area contributed by atoms with Crippen LogP contribution < -0.4 is 5.32 Å². The van der Waals surface area contributed by atoms with Crippen LogP contribution in [0, 0.1) is 6.92 Å². The van der Waals surface area contributed by atoms with Crippen LogP contribution in [-0.2, 0) is 11.2 Å². The molecule has 24 heavy (non-hydrogen) atoms. The Bertz CT molecular complexity index is 843. The molecule has 122 valence electrons. The number of carbonyl (C=O) groups is 1. The predicted octanol–water partition coefficient (Wildman–Crippen LogP) is 4.27. The van der Waals surface area contributed by atoms with Gasteiger partial charge in [-0.2, -0.15) is 4.98 Å². The topological polar surface area (TPSA) is 68.0 Å². The minimum atomic E-state index is -0.101. The SMILES string of the molecule is Cc1ccc(NC(=O)CCc2nc(-c3ccccc3Cl)no2)cc1. The van der Waals surface area contributed by atoms with Crippen molar-refractivity contribution < 1.29 is 9.32 Å². The Hall–Kier alpha value is -2.66. The highest BCUT2D eigenvalue weighted by atomic mass is 35.5. The van der Waals surface area contributed by atoms with Gasteiger partial charge in [-0.15, -0.1) is 0 Å². The number of benzene rings is 2. The lowest BCUT2D eigenvalue weighted by Gasteiger charge is -2.04. The largest absolute Gasteiger partial charge is 0.339 e. The van der Waals surface area contributed by atoms with E-state index < -0.39 is 0 Å². The molecule has 1 amide bonds. The first-order valence-electron chi connectivity index (χ1n) is 7.56. The molecule has 1 heterocycles. The maximum Gasteiger partial charge on any atom is 0.227 e. The first-order valence-corrected chi connectivity index (χ1v) is 7.93. The molecule has 0 aliphatic carbocycles. The minimum absolute atomic E-state index is 0.101. The monoisotopic (exact) mass is 341 g/mol. The molecule has 5 nitrogen and oxygen atoms in total. The summed E-state index contributed by atoms with van der Waals surface area (Å²) in [7, 11) is 0. The number of hydrogen-bond acceptors (Lipinski definition) is 4. The van der Waals surface area contributed by atoms with Gasteiger partial charge in [0.1, 0.15) is 0 Å². The molecule has 0 saturated heterocycles. The quantitative estimate of drug-likeness (QED) is 0.752. The third kappa shape index (κ3) is 4.00. The second-order valence-electron chi connectivity index (χ2n) is 5.41. The maximum absolute atomic E-state index is 12.0. The van der Waals surface area contributed by atoms with Gasteiger partial charge in [-0.25, -0.2) is 0 Å². The molecule has 1 aromatic heterocycles. The van der Waals surface area contributed by atoms with Gasteiger partial charge in [0, 0.05) is 24.1 Å². The van der Waals surface area contributed by atoms with Gasteiger partial charge in [-0.3, -0.25) is 4.79 Å². The van der Waals surface area contributed by atoms with E-state index in [1.165, 1.54) is 0 Å². The number of aryl methyl sites for hydroxylation is 2. The number of rotatable bonds is 5. The molecule has 0 saturated carbocycles. The fourth-order valence-corrected chi connectivity index (χ4v) is 2.41. The smallest absolute Gasteiger partial charge is 0.227 e. The van der Waals surface area contributed by atoms with E-state index in [4.69, 9.17) is 16.1 Å². The Morgan fingerprint density at radius 1 is 1.17 bits per heavy atom. The average molecular weight is 342 g/mol. The van der Waals surface area contributed by atoms with Crippen LogP contribution in [0.1, 0.15) is 17.9 Å². The van der Waals surface area contributed by atoms with E-state index in [2.05, 4.69) is 15.5 Å². The van der Waals surface area contributed by atoms with Crippen LogP contribution in [0.2, 0.25) is 5.02 Å². The van der Waals surface area contributed by atoms with E-state index in [9.17, 15) is 4.79 Å². The molecule has 0 spiro atoms. The van der Waals surface area contributed by atoms with Crippen molar-refractivity contribution in [2.45, 2.75) is 19.8 Å². The van der Waals surface area contributed by atoms with E-state index in [1.54, 1.807) is 6.07 Å². The Morgan fingerprint density at radius 2 is 1.92 bits per heavy atom. The zero-order chi connectivity index (χ0) is 16.9. The van der Waals surface area contributed by atoms with E-state index in [0.717, 1.165) is 11.3 Å². The molecule has 3 rings (SSSR count). The van der Waals surface area contributed by atoms with Crippen LogP contribution in [0.4, 0.5) is 5.69 Å². The van der Waals surface area contributed by atoms with Crippen LogP contribution in [0.25, 0.3) is 11.4 Å². The number of anilines is 1. The number of nitrogens with zero attached hydrogens (tertiary/aromatic N) is 2. The van der Waals surface area contributed by atoms with Crippen molar-refractivity contribution in [3.05, 3.63) is 65.0 Å². The summed E-state index contributed by atoms with van der Waals surface area (Å²) in [5, 5.41) is 7.31. The normalized spacial score (nSPS) is 10.6. The lowest BCUT2D eigenvalue weighted by atomic mass is 10.2. The van der Waals surface area contributed by atoms with Gasteiger partial charge in [-0.05, 0) is 31.2 Å². The van der Waals surface area contributed by atoms with Crippen molar-refractivity contribution in [1.82, 2.24) is 10.1 Å². The number of nitrogens with one attached hydrogen (secondary N) is 1. The number of amides is 1. The molecular weight excluding hydrogens is 326 g/mol. The second kappa shape index (κ2) is 7.27. The lowest BCUT2D eigenvalue weighted by Crippen LogP contribution is -2.12. The second-order valence-corrected chi connectivity index (χ2v) is 5.81. The van der Waals surface area contributed by atoms with Gasteiger partial charge < -0.3 is 9.84 Å². The molecule has 0 aliphatic heterocycles. The number of aromatic nitrogens is 2. The zero-order valence-electron chi connectivity index (χ0n) is 13.1. The minimum Gasteiger partial charge on any atom is -0.339 e. The fraction of sp³-hybridized carbons (Fsp3) is 0.167. The third-order valence-corrected chi connectivity index (χ3v) is 3.81. The van der Waals surface area contributed by atoms with Crippen LogP contribution in [0.3, 0.4) is 0 Å². The van der Waals surface area contributed by atoms with Crippen LogP contribution in [0.15, 0.2) is 53.1 Å². The molecule has 1 N–H and O–H groups in total. The van der Waals surface area contributed by atoms with Crippen molar-refractivity contribution in [3.8, 4) is 11.4 Å². The van der Waals surface area contributed by atoms with Gasteiger partial charge in [-0.1, -0.05) is 46.6 Å². The van der Waals surface area contributed by atoms with Gasteiger partial charge >= 0.3 is 0 Å². The van der Waals surface area contributed by atoms with Crippen molar-refractivity contribution in [2.24, 2.45) is 0 Å². The van der Waals surface area contributed by atoms with Crippen LogP contribution in [0.5, 0.6) is 0 Å². The van der Waals surface area contributed by atoms with Crippen LogP contribution in [-0.4, -0.2) is 16.0 Å². The Labute approximate surface area is 144 Å².